The summed E-state index contributed by atoms with van der Waals surface area (Å²) in [6.45, 7) is 11.8. The summed E-state index contributed by atoms with van der Waals surface area (Å²) < 4.78 is 10.4. The molecule has 0 aromatic heterocycles. The molecule has 2 fully saturated rings. The zero-order valence-electron chi connectivity index (χ0n) is 20.5. The second kappa shape index (κ2) is 15.2. The predicted octanol–water partition coefficient (Wildman–Crippen LogP) is 6.44. The first-order valence-corrected chi connectivity index (χ1v) is 11.8. The van der Waals surface area contributed by atoms with E-state index in [0.717, 1.165) is 29.6 Å². The van der Waals surface area contributed by atoms with Crippen LogP contribution in [0.15, 0.2) is 19.2 Å². The maximum absolute atomic E-state index is 10.9. The lowest BCUT2D eigenvalue weighted by molar-refractivity contribution is -0.112. The molecule has 2 aliphatic carbocycles. The third kappa shape index (κ3) is 7.69. The van der Waals surface area contributed by atoms with Crippen molar-refractivity contribution in [3.8, 4) is 11.5 Å². The van der Waals surface area contributed by atoms with Gasteiger partial charge in [0.05, 0.1) is 19.8 Å². The van der Waals surface area contributed by atoms with Gasteiger partial charge in [-0.2, -0.15) is 0 Å². The summed E-state index contributed by atoms with van der Waals surface area (Å²) in [5.74, 6) is 4.37. The average Bonchev–Trinajstić information content (AvgIpc) is 2.89. The maximum atomic E-state index is 10.9. The normalized spacial score (nSPS) is 24.0. The molecule has 0 spiro atoms. The Morgan fingerprint density at radius 2 is 1.33 bits per heavy atom. The Kier molecular flexibility index (Phi) is 13.1. The highest BCUT2D eigenvalue weighted by Gasteiger charge is 2.29. The van der Waals surface area contributed by atoms with Gasteiger partial charge in [0.15, 0.2) is 6.29 Å². The Morgan fingerprint density at radius 3 is 1.73 bits per heavy atom. The molecule has 5 heteroatoms. The molecule has 0 bridgehead atoms. The Bertz CT molecular complexity index is 769. The van der Waals surface area contributed by atoms with E-state index in [-0.39, 0.29) is 0 Å². The van der Waals surface area contributed by atoms with Crippen molar-refractivity contribution in [1.29, 1.82) is 0 Å². The van der Waals surface area contributed by atoms with Crippen LogP contribution in [-0.2, 0) is 9.59 Å². The van der Waals surface area contributed by atoms with E-state index in [4.69, 9.17) is 14.3 Å². The Balaban J connectivity index is 0.000000307. The number of hydrogen-bond donors (Lipinski definition) is 0. The maximum Gasteiger partial charge on any atom is 0.153 e. The van der Waals surface area contributed by atoms with Crippen LogP contribution in [0.4, 0.5) is 0 Å². The monoisotopic (exact) mass is 456 g/mol. The van der Waals surface area contributed by atoms with E-state index in [1.54, 1.807) is 18.2 Å². The molecule has 1 aromatic carbocycles. The second-order valence-electron chi connectivity index (χ2n) is 8.89. The summed E-state index contributed by atoms with van der Waals surface area (Å²) in [5, 5.41) is 0. The van der Waals surface area contributed by atoms with Gasteiger partial charge in [-0.3, -0.25) is 4.79 Å². The zero-order valence-corrected chi connectivity index (χ0v) is 20.5. The summed E-state index contributed by atoms with van der Waals surface area (Å²) in [5.41, 5.74) is 1.90. The molecule has 3 rings (SSSR count). The van der Waals surface area contributed by atoms with Crippen molar-refractivity contribution in [2.75, 3.05) is 14.2 Å². The third-order valence-corrected chi connectivity index (χ3v) is 7.04. The van der Waals surface area contributed by atoms with Gasteiger partial charge in [-0.15, -0.1) is 0 Å². The molecule has 0 atom stereocenters. The van der Waals surface area contributed by atoms with E-state index >= 15 is 0 Å². The minimum Gasteiger partial charge on any atom is -0.496 e. The molecule has 5 nitrogen and oxygen atoms in total. The molecule has 0 unspecified atom stereocenters. The van der Waals surface area contributed by atoms with Gasteiger partial charge >= 0.3 is 0 Å². The number of carbonyl (C=O) groups excluding carboxylic acids is 3. The van der Waals surface area contributed by atoms with Crippen LogP contribution in [0.5, 0.6) is 11.5 Å². The lowest BCUT2D eigenvalue weighted by Crippen LogP contribution is -2.25. The fourth-order valence-electron chi connectivity index (χ4n) is 5.10. The van der Waals surface area contributed by atoms with Gasteiger partial charge in [0.2, 0.25) is 0 Å². The SMILES string of the molecule is C=Cc1c(OC)cc(C=O)c(OC)c1C=C.C=O.CC1CCC(C2CCC(C=O)CC2)CC1. The standard InChI is InChI=1S/C14H24O.C13H14O3.CH2O/c1-11-2-6-13(7-3-11)14-8-4-12(10-15)5-9-14;1-5-10-11(6-2)13(16-4)9(8-14)7-12(10)15-3;1-2/h10-14H,2-9H2,1H3;5-8H,1-2H2,3-4H3;1H2. The van der Waals surface area contributed by atoms with Crippen molar-refractivity contribution in [3.05, 3.63) is 35.9 Å². The highest BCUT2D eigenvalue weighted by Crippen LogP contribution is 2.40. The van der Waals surface area contributed by atoms with Crippen molar-refractivity contribution in [2.24, 2.45) is 23.7 Å². The summed E-state index contributed by atoms with van der Waals surface area (Å²) in [4.78, 5) is 29.6. The van der Waals surface area contributed by atoms with Gasteiger partial charge in [0.25, 0.3) is 0 Å². The van der Waals surface area contributed by atoms with E-state index in [1.807, 2.05) is 6.79 Å². The highest BCUT2D eigenvalue weighted by atomic mass is 16.5. The quantitative estimate of drug-likeness (QED) is 0.442. The van der Waals surface area contributed by atoms with Crippen LogP contribution >= 0.6 is 0 Å². The fourth-order valence-corrected chi connectivity index (χ4v) is 5.10. The molecule has 2 saturated carbocycles. The average molecular weight is 457 g/mol. The molecule has 33 heavy (non-hydrogen) atoms. The van der Waals surface area contributed by atoms with E-state index in [0.29, 0.717) is 28.5 Å². The molecule has 182 valence electrons. The van der Waals surface area contributed by atoms with Gasteiger partial charge in [-0.25, -0.2) is 0 Å². The Hall–Kier alpha value is -2.69. The van der Waals surface area contributed by atoms with Crippen LogP contribution in [0.2, 0.25) is 0 Å². The Morgan fingerprint density at radius 1 is 0.818 bits per heavy atom. The number of methoxy groups -OCH3 is 2. The van der Waals surface area contributed by atoms with Crippen LogP contribution in [0.25, 0.3) is 12.2 Å². The largest absolute Gasteiger partial charge is 0.496 e. The lowest BCUT2D eigenvalue weighted by atomic mass is 9.70. The number of benzene rings is 1. The second-order valence-corrected chi connectivity index (χ2v) is 8.89. The molecular formula is C28H40O5. The van der Waals surface area contributed by atoms with Crippen molar-refractivity contribution >= 4 is 31.5 Å². The minimum atomic E-state index is 0.392. The summed E-state index contributed by atoms with van der Waals surface area (Å²) in [6.07, 6.45) is 15.9. The minimum absolute atomic E-state index is 0.392. The van der Waals surface area contributed by atoms with Crippen molar-refractivity contribution in [3.63, 3.8) is 0 Å². The molecule has 0 aliphatic heterocycles. The number of aldehydes is 2. The first-order chi connectivity index (χ1) is 16.0. The first-order valence-electron chi connectivity index (χ1n) is 11.8. The van der Waals surface area contributed by atoms with Crippen LogP contribution in [-0.4, -0.2) is 33.6 Å². The number of rotatable bonds is 7. The number of ether oxygens (including phenoxy) is 2. The van der Waals surface area contributed by atoms with E-state index in [2.05, 4.69) is 20.1 Å². The topological polar surface area (TPSA) is 69.7 Å². The summed E-state index contributed by atoms with van der Waals surface area (Å²) in [7, 11) is 3.05. The molecular weight excluding hydrogens is 416 g/mol. The molecule has 0 radical (unpaired) electrons. The molecule has 2 aliphatic rings. The van der Waals surface area contributed by atoms with Crippen molar-refractivity contribution < 1.29 is 23.9 Å². The lowest BCUT2D eigenvalue weighted by Gasteiger charge is -2.36. The molecule has 0 heterocycles. The summed E-state index contributed by atoms with van der Waals surface area (Å²) >= 11 is 0. The predicted molar refractivity (Wildman–Crippen MR) is 135 cm³/mol. The van der Waals surface area contributed by atoms with E-state index in [1.165, 1.54) is 71.9 Å². The zero-order chi connectivity index (χ0) is 24.8. The first kappa shape index (κ1) is 28.3. The molecule has 0 saturated heterocycles. The van der Waals surface area contributed by atoms with Crippen LogP contribution in [0.1, 0.15) is 79.8 Å². The van der Waals surface area contributed by atoms with Crippen molar-refractivity contribution in [2.45, 2.75) is 58.3 Å². The Labute approximate surface area is 199 Å². The van der Waals surface area contributed by atoms with Gasteiger partial charge in [0, 0.05) is 17.0 Å². The highest BCUT2D eigenvalue weighted by molar-refractivity contribution is 5.87. The van der Waals surface area contributed by atoms with E-state index in [9.17, 15) is 9.59 Å². The van der Waals surface area contributed by atoms with Gasteiger partial charge in [-0.1, -0.05) is 45.1 Å². The van der Waals surface area contributed by atoms with Crippen LogP contribution in [0, 0.1) is 23.7 Å². The van der Waals surface area contributed by atoms with Crippen LogP contribution in [0.3, 0.4) is 0 Å². The van der Waals surface area contributed by atoms with Crippen LogP contribution < -0.4 is 9.47 Å². The smallest absolute Gasteiger partial charge is 0.153 e. The molecule has 1 aromatic rings. The number of carbonyl (C=O) groups is 3. The van der Waals surface area contributed by atoms with Gasteiger partial charge in [0.1, 0.15) is 24.6 Å². The molecule has 0 N–H and O–H groups in total. The fraction of sp³-hybridized carbons (Fsp3) is 0.536. The van der Waals surface area contributed by atoms with E-state index < -0.39 is 0 Å². The van der Waals surface area contributed by atoms with Gasteiger partial charge < -0.3 is 19.1 Å². The number of hydrogen-bond acceptors (Lipinski definition) is 5. The van der Waals surface area contributed by atoms with Gasteiger partial charge in [-0.05, 0) is 62.3 Å². The third-order valence-electron chi connectivity index (χ3n) is 7.04. The summed E-state index contributed by atoms with van der Waals surface area (Å²) in [6, 6.07) is 1.62. The van der Waals surface area contributed by atoms with Crippen molar-refractivity contribution in [1.82, 2.24) is 0 Å². The molecule has 0 amide bonds.